The Bertz CT molecular complexity index is 516. The summed E-state index contributed by atoms with van der Waals surface area (Å²) in [7, 11) is 0. The molecule has 0 radical (unpaired) electrons. The average molecular weight is 175 g/mol. The average Bonchev–Trinajstić information content (AvgIpc) is 2.08. The number of anilines is 2. The van der Waals surface area contributed by atoms with E-state index in [1.165, 1.54) is 0 Å². The fraction of sp³-hybridized carbons (Fsp3) is 0. The summed E-state index contributed by atoms with van der Waals surface area (Å²) in [5.41, 5.74) is 12.4. The lowest BCUT2D eigenvalue weighted by Crippen LogP contribution is -2.10. The Morgan fingerprint density at radius 2 is 1.92 bits per heavy atom. The summed E-state index contributed by atoms with van der Waals surface area (Å²) >= 11 is 0. The van der Waals surface area contributed by atoms with Crippen molar-refractivity contribution in [3.05, 3.63) is 34.6 Å². The first-order chi connectivity index (χ1) is 6.16. The first-order valence-electron chi connectivity index (χ1n) is 3.85. The molecule has 66 valence electrons. The van der Waals surface area contributed by atoms with Crippen molar-refractivity contribution < 1.29 is 0 Å². The van der Waals surface area contributed by atoms with E-state index in [-0.39, 0.29) is 11.2 Å². The van der Waals surface area contributed by atoms with Crippen molar-refractivity contribution in [1.29, 1.82) is 0 Å². The Labute approximate surface area is 74.2 Å². The van der Waals surface area contributed by atoms with Crippen LogP contribution in [0.15, 0.2) is 29.1 Å². The molecular formula is C9H9N3O. The number of rotatable bonds is 0. The molecule has 13 heavy (non-hydrogen) atoms. The van der Waals surface area contributed by atoms with E-state index >= 15 is 0 Å². The van der Waals surface area contributed by atoms with Crippen molar-refractivity contribution in [2.24, 2.45) is 0 Å². The molecule has 4 heteroatoms. The first kappa shape index (κ1) is 7.67. The van der Waals surface area contributed by atoms with Gasteiger partial charge in [0.15, 0.2) is 0 Å². The normalized spacial score (nSPS) is 10.5. The Morgan fingerprint density at radius 1 is 1.15 bits per heavy atom. The van der Waals surface area contributed by atoms with E-state index in [1.54, 1.807) is 24.3 Å². The number of hydrogen-bond acceptors (Lipinski definition) is 3. The molecule has 1 heterocycles. The maximum absolute atomic E-state index is 11.1. The Balaban J connectivity index is 2.89. The molecule has 0 unspecified atom stereocenters. The summed E-state index contributed by atoms with van der Waals surface area (Å²) in [6, 6.07) is 6.87. The van der Waals surface area contributed by atoms with Gasteiger partial charge in [-0.1, -0.05) is 0 Å². The molecule has 0 saturated heterocycles. The van der Waals surface area contributed by atoms with E-state index in [0.29, 0.717) is 5.69 Å². The zero-order valence-electron chi connectivity index (χ0n) is 6.87. The van der Waals surface area contributed by atoms with Crippen molar-refractivity contribution in [3.63, 3.8) is 0 Å². The van der Waals surface area contributed by atoms with Crippen molar-refractivity contribution in [2.75, 3.05) is 11.5 Å². The molecule has 0 saturated carbocycles. The van der Waals surface area contributed by atoms with Crippen LogP contribution in [0, 0.1) is 0 Å². The molecule has 2 rings (SSSR count). The van der Waals surface area contributed by atoms with Gasteiger partial charge in [0.1, 0.15) is 0 Å². The number of benzene rings is 1. The summed E-state index contributed by atoms with van der Waals surface area (Å²) < 4.78 is 0. The van der Waals surface area contributed by atoms with Crippen molar-refractivity contribution >= 4 is 22.3 Å². The summed E-state index contributed by atoms with van der Waals surface area (Å²) in [5.74, 6) is 0. The molecule has 2 aromatic rings. The van der Waals surface area contributed by atoms with Crippen molar-refractivity contribution in [3.8, 4) is 0 Å². The van der Waals surface area contributed by atoms with E-state index in [2.05, 4.69) is 4.98 Å². The SMILES string of the molecule is Nc1ccc2[nH]c(=O)c(N)cc2c1. The Hall–Kier alpha value is -1.97. The number of fused-ring (bicyclic) bond motifs is 1. The number of pyridine rings is 1. The second-order valence-corrected chi connectivity index (χ2v) is 2.90. The van der Waals surface area contributed by atoms with Crippen LogP contribution in [0.5, 0.6) is 0 Å². The second kappa shape index (κ2) is 2.52. The highest BCUT2D eigenvalue weighted by Crippen LogP contribution is 2.14. The minimum atomic E-state index is -0.266. The minimum Gasteiger partial charge on any atom is -0.399 e. The molecule has 5 N–H and O–H groups in total. The van der Waals surface area contributed by atoms with Gasteiger partial charge >= 0.3 is 0 Å². The number of nitrogens with two attached hydrogens (primary N) is 2. The van der Waals surface area contributed by atoms with Gasteiger partial charge in [0.2, 0.25) is 0 Å². The number of nitrogen functional groups attached to an aromatic ring is 2. The highest BCUT2D eigenvalue weighted by molar-refractivity contribution is 5.83. The lowest BCUT2D eigenvalue weighted by molar-refractivity contribution is 1.31. The number of nitrogens with one attached hydrogen (secondary N) is 1. The third kappa shape index (κ3) is 1.22. The van der Waals surface area contributed by atoms with Crippen LogP contribution in [0.2, 0.25) is 0 Å². The lowest BCUT2D eigenvalue weighted by atomic mass is 10.2. The molecule has 0 spiro atoms. The molecule has 0 bridgehead atoms. The van der Waals surface area contributed by atoms with Gasteiger partial charge in [-0.15, -0.1) is 0 Å². The number of hydrogen-bond donors (Lipinski definition) is 3. The van der Waals surface area contributed by atoms with E-state index in [1.807, 2.05) is 0 Å². The lowest BCUT2D eigenvalue weighted by Gasteiger charge is -1.99. The quantitative estimate of drug-likeness (QED) is 0.515. The van der Waals surface area contributed by atoms with Crippen LogP contribution in [0.3, 0.4) is 0 Å². The van der Waals surface area contributed by atoms with Crippen LogP contribution in [-0.2, 0) is 0 Å². The molecule has 0 fully saturated rings. The van der Waals surface area contributed by atoms with Crippen LogP contribution >= 0.6 is 0 Å². The minimum absolute atomic E-state index is 0.207. The van der Waals surface area contributed by atoms with E-state index < -0.39 is 0 Å². The second-order valence-electron chi connectivity index (χ2n) is 2.90. The summed E-state index contributed by atoms with van der Waals surface area (Å²) in [6.07, 6.45) is 0. The molecule has 1 aromatic carbocycles. The fourth-order valence-electron chi connectivity index (χ4n) is 1.24. The van der Waals surface area contributed by atoms with E-state index in [4.69, 9.17) is 11.5 Å². The fourth-order valence-corrected chi connectivity index (χ4v) is 1.24. The first-order valence-corrected chi connectivity index (χ1v) is 3.85. The van der Waals surface area contributed by atoms with Gasteiger partial charge in [-0.3, -0.25) is 4.79 Å². The molecular weight excluding hydrogens is 166 g/mol. The number of H-pyrrole nitrogens is 1. The van der Waals surface area contributed by atoms with Gasteiger partial charge < -0.3 is 16.5 Å². The maximum Gasteiger partial charge on any atom is 0.271 e. The van der Waals surface area contributed by atoms with Crippen LogP contribution in [-0.4, -0.2) is 4.98 Å². The van der Waals surface area contributed by atoms with Gasteiger partial charge in [0, 0.05) is 16.6 Å². The van der Waals surface area contributed by atoms with Gasteiger partial charge in [0.25, 0.3) is 5.56 Å². The number of aromatic nitrogens is 1. The van der Waals surface area contributed by atoms with Crippen LogP contribution in [0.1, 0.15) is 0 Å². The molecule has 0 amide bonds. The Kier molecular flexibility index (Phi) is 1.48. The third-order valence-corrected chi connectivity index (χ3v) is 1.90. The topological polar surface area (TPSA) is 84.9 Å². The largest absolute Gasteiger partial charge is 0.399 e. The van der Waals surface area contributed by atoms with Crippen LogP contribution in [0.4, 0.5) is 11.4 Å². The van der Waals surface area contributed by atoms with Gasteiger partial charge in [0.05, 0.1) is 5.69 Å². The molecule has 0 aliphatic carbocycles. The smallest absolute Gasteiger partial charge is 0.271 e. The Morgan fingerprint density at radius 3 is 2.69 bits per heavy atom. The zero-order valence-corrected chi connectivity index (χ0v) is 6.87. The monoisotopic (exact) mass is 175 g/mol. The van der Waals surface area contributed by atoms with Crippen LogP contribution in [0.25, 0.3) is 10.9 Å². The predicted molar refractivity (Wildman–Crippen MR) is 53.4 cm³/mol. The molecule has 0 aliphatic heterocycles. The highest BCUT2D eigenvalue weighted by Gasteiger charge is 1.98. The maximum atomic E-state index is 11.1. The van der Waals surface area contributed by atoms with Gasteiger partial charge in [-0.25, -0.2) is 0 Å². The molecule has 0 aliphatic rings. The van der Waals surface area contributed by atoms with E-state index in [9.17, 15) is 4.79 Å². The molecule has 1 aromatic heterocycles. The van der Waals surface area contributed by atoms with E-state index in [0.717, 1.165) is 10.9 Å². The predicted octanol–water partition coefficient (Wildman–Crippen LogP) is 0.693. The van der Waals surface area contributed by atoms with Crippen molar-refractivity contribution in [2.45, 2.75) is 0 Å². The standard InChI is InChI=1S/C9H9N3O/c10-6-1-2-8-5(3-6)4-7(11)9(13)12-8/h1-4H,10-11H2,(H,12,13). The summed E-state index contributed by atoms with van der Waals surface area (Å²) in [4.78, 5) is 13.8. The zero-order chi connectivity index (χ0) is 9.42. The summed E-state index contributed by atoms with van der Waals surface area (Å²) in [5, 5.41) is 0.845. The van der Waals surface area contributed by atoms with Gasteiger partial charge in [-0.05, 0) is 24.3 Å². The third-order valence-electron chi connectivity index (χ3n) is 1.90. The highest BCUT2D eigenvalue weighted by atomic mass is 16.1. The number of aromatic amines is 1. The van der Waals surface area contributed by atoms with Gasteiger partial charge in [-0.2, -0.15) is 0 Å². The molecule has 0 atom stereocenters. The molecule has 4 nitrogen and oxygen atoms in total. The summed E-state index contributed by atoms with van der Waals surface area (Å²) in [6.45, 7) is 0. The van der Waals surface area contributed by atoms with Crippen molar-refractivity contribution in [1.82, 2.24) is 4.98 Å². The van der Waals surface area contributed by atoms with Crippen LogP contribution < -0.4 is 17.0 Å².